The van der Waals surface area contributed by atoms with Gasteiger partial charge < -0.3 is 10.8 Å². The van der Waals surface area contributed by atoms with Crippen molar-refractivity contribution in [2.24, 2.45) is 0 Å². The number of aliphatic hydroxyl groups excluding tert-OH is 1. The minimum Gasteiger partial charge on any atom is -0.396 e. The number of hydrogen-bond acceptors (Lipinski definition) is 4. The lowest BCUT2D eigenvalue weighted by Gasteiger charge is -2.04. The smallest absolute Gasteiger partial charge is 0.135 e. The molecule has 0 saturated heterocycles. The molecular formula is C11H12FN3O. The zero-order chi connectivity index (χ0) is 11.5. The van der Waals surface area contributed by atoms with E-state index in [2.05, 4.69) is 9.97 Å². The maximum atomic E-state index is 13.0. The fourth-order valence-electron chi connectivity index (χ4n) is 1.52. The third-order valence-electron chi connectivity index (χ3n) is 2.29. The fraction of sp³-hybridized carbons (Fsp3) is 0.273. The van der Waals surface area contributed by atoms with E-state index in [0.29, 0.717) is 29.6 Å². The number of hydrogen-bond donors (Lipinski definition) is 2. The van der Waals surface area contributed by atoms with E-state index in [1.807, 2.05) is 0 Å². The predicted molar refractivity (Wildman–Crippen MR) is 59.3 cm³/mol. The first-order chi connectivity index (χ1) is 7.70. The average Bonchev–Trinajstić information content (AvgIpc) is 2.27. The van der Waals surface area contributed by atoms with Gasteiger partial charge in [0.1, 0.15) is 17.5 Å². The molecule has 2 rings (SSSR count). The molecule has 0 aliphatic rings. The van der Waals surface area contributed by atoms with Crippen LogP contribution in [0.1, 0.15) is 12.2 Å². The van der Waals surface area contributed by atoms with Crippen LogP contribution in [0.15, 0.2) is 18.2 Å². The Morgan fingerprint density at radius 1 is 1.31 bits per heavy atom. The number of rotatable bonds is 3. The second-order valence-corrected chi connectivity index (χ2v) is 3.51. The molecule has 3 N–H and O–H groups in total. The fourth-order valence-corrected chi connectivity index (χ4v) is 1.52. The van der Waals surface area contributed by atoms with Crippen molar-refractivity contribution in [2.45, 2.75) is 12.8 Å². The first-order valence-corrected chi connectivity index (χ1v) is 5.03. The van der Waals surface area contributed by atoms with E-state index in [1.54, 1.807) is 6.07 Å². The summed E-state index contributed by atoms with van der Waals surface area (Å²) < 4.78 is 13.0. The summed E-state index contributed by atoms with van der Waals surface area (Å²) in [7, 11) is 0. The standard InChI is InChI=1S/C11H12FN3O/c12-7-3-4-9-8(6-7)11(13)15-10(14-9)2-1-5-16/h3-4,6,16H,1-2,5H2,(H2,13,14,15). The molecule has 0 fully saturated rings. The highest BCUT2D eigenvalue weighted by molar-refractivity contribution is 5.87. The maximum Gasteiger partial charge on any atom is 0.135 e. The quantitative estimate of drug-likeness (QED) is 0.818. The number of benzene rings is 1. The summed E-state index contributed by atoms with van der Waals surface area (Å²) in [5.74, 6) is 0.494. The Hall–Kier alpha value is -1.75. The molecule has 1 aromatic carbocycles. The van der Waals surface area contributed by atoms with Gasteiger partial charge in [-0.05, 0) is 24.6 Å². The number of nitrogens with zero attached hydrogens (tertiary/aromatic N) is 2. The summed E-state index contributed by atoms with van der Waals surface area (Å²) in [4.78, 5) is 8.31. The van der Waals surface area contributed by atoms with E-state index in [9.17, 15) is 4.39 Å². The molecule has 16 heavy (non-hydrogen) atoms. The topological polar surface area (TPSA) is 72.0 Å². The van der Waals surface area contributed by atoms with Gasteiger partial charge in [-0.1, -0.05) is 0 Å². The van der Waals surface area contributed by atoms with E-state index >= 15 is 0 Å². The van der Waals surface area contributed by atoms with Crippen LogP contribution in [0.4, 0.5) is 10.2 Å². The SMILES string of the molecule is Nc1nc(CCCO)nc2ccc(F)cc12. The molecule has 2 aromatic rings. The normalized spacial score (nSPS) is 10.9. The molecular weight excluding hydrogens is 209 g/mol. The molecule has 1 aromatic heterocycles. The zero-order valence-corrected chi connectivity index (χ0v) is 8.65. The molecule has 5 heteroatoms. The molecule has 0 unspecified atom stereocenters. The predicted octanol–water partition coefficient (Wildman–Crippen LogP) is 1.28. The summed E-state index contributed by atoms with van der Waals surface area (Å²) in [6.45, 7) is 0.0880. The first-order valence-electron chi connectivity index (χ1n) is 5.03. The van der Waals surface area contributed by atoms with E-state index < -0.39 is 0 Å². The van der Waals surface area contributed by atoms with Crippen molar-refractivity contribution in [3.05, 3.63) is 29.8 Å². The zero-order valence-electron chi connectivity index (χ0n) is 8.65. The van der Waals surface area contributed by atoms with E-state index in [4.69, 9.17) is 10.8 Å². The summed E-state index contributed by atoms with van der Waals surface area (Å²) in [5, 5.41) is 9.23. The largest absolute Gasteiger partial charge is 0.396 e. The lowest BCUT2D eigenvalue weighted by atomic mass is 10.2. The highest BCUT2D eigenvalue weighted by atomic mass is 19.1. The Morgan fingerprint density at radius 3 is 2.88 bits per heavy atom. The van der Waals surface area contributed by atoms with Crippen LogP contribution in [0, 0.1) is 5.82 Å². The van der Waals surface area contributed by atoms with E-state index in [1.165, 1.54) is 12.1 Å². The number of aryl methyl sites for hydroxylation is 1. The average molecular weight is 221 g/mol. The van der Waals surface area contributed by atoms with Crippen molar-refractivity contribution >= 4 is 16.7 Å². The van der Waals surface area contributed by atoms with E-state index in [0.717, 1.165) is 0 Å². The number of nitrogen functional groups attached to an aromatic ring is 1. The van der Waals surface area contributed by atoms with E-state index in [-0.39, 0.29) is 18.2 Å². The Morgan fingerprint density at radius 2 is 2.12 bits per heavy atom. The molecule has 0 bridgehead atoms. The van der Waals surface area contributed by atoms with Crippen molar-refractivity contribution in [2.75, 3.05) is 12.3 Å². The van der Waals surface area contributed by atoms with Gasteiger partial charge in [-0.2, -0.15) is 0 Å². The summed E-state index contributed by atoms with van der Waals surface area (Å²) in [6, 6.07) is 4.23. The maximum absolute atomic E-state index is 13.0. The Kier molecular flexibility index (Phi) is 2.96. The second kappa shape index (κ2) is 4.40. The van der Waals surface area contributed by atoms with Crippen molar-refractivity contribution in [1.82, 2.24) is 9.97 Å². The van der Waals surface area contributed by atoms with Crippen LogP contribution in [-0.4, -0.2) is 21.7 Å². The van der Waals surface area contributed by atoms with Gasteiger partial charge in [-0.25, -0.2) is 14.4 Å². The Bertz CT molecular complexity index is 516. The van der Waals surface area contributed by atoms with Crippen molar-refractivity contribution in [3.63, 3.8) is 0 Å². The van der Waals surface area contributed by atoms with Gasteiger partial charge in [0.2, 0.25) is 0 Å². The lowest BCUT2D eigenvalue weighted by molar-refractivity contribution is 0.287. The second-order valence-electron chi connectivity index (χ2n) is 3.51. The number of anilines is 1. The highest BCUT2D eigenvalue weighted by Crippen LogP contribution is 2.19. The summed E-state index contributed by atoms with van der Waals surface area (Å²) in [5.41, 5.74) is 6.34. The number of halogens is 1. The molecule has 0 amide bonds. The van der Waals surface area contributed by atoms with Gasteiger partial charge in [0, 0.05) is 18.4 Å². The molecule has 0 spiro atoms. The van der Waals surface area contributed by atoms with Gasteiger partial charge in [-0.15, -0.1) is 0 Å². The minimum absolute atomic E-state index is 0.0880. The molecule has 0 saturated carbocycles. The van der Waals surface area contributed by atoms with Crippen LogP contribution in [-0.2, 0) is 6.42 Å². The summed E-state index contributed by atoms with van der Waals surface area (Å²) in [6.07, 6.45) is 1.15. The highest BCUT2D eigenvalue weighted by Gasteiger charge is 2.05. The van der Waals surface area contributed by atoms with Crippen LogP contribution >= 0.6 is 0 Å². The van der Waals surface area contributed by atoms with Crippen LogP contribution in [0.2, 0.25) is 0 Å². The molecule has 4 nitrogen and oxygen atoms in total. The van der Waals surface area contributed by atoms with Crippen LogP contribution in [0.3, 0.4) is 0 Å². The molecule has 0 radical (unpaired) electrons. The first kappa shape index (κ1) is 10.8. The number of aromatic nitrogens is 2. The van der Waals surface area contributed by atoms with Crippen LogP contribution in [0.5, 0.6) is 0 Å². The summed E-state index contributed by atoms with van der Waals surface area (Å²) >= 11 is 0. The molecule has 0 aliphatic heterocycles. The lowest BCUT2D eigenvalue weighted by Crippen LogP contribution is -2.02. The Balaban J connectivity index is 2.46. The van der Waals surface area contributed by atoms with Crippen LogP contribution < -0.4 is 5.73 Å². The third kappa shape index (κ3) is 2.09. The monoisotopic (exact) mass is 221 g/mol. The Labute approximate surface area is 91.9 Å². The number of nitrogens with two attached hydrogens (primary N) is 1. The van der Waals surface area contributed by atoms with Gasteiger partial charge in [0.05, 0.1) is 5.52 Å². The molecule has 1 heterocycles. The van der Waals surface area contributed by atoms with Crippen molar-refractivity contribution in [1.29, 1.82) is 0 Å². The minimum atomic E-state index is -0.356. The number of fused-ring (bicyclic) bond motifs is 1. The van der Waals surface area contributed by atoms with Gasteiger partial charge >= 0.3 is 0 Å². The van der Waals surface area contributed by atoms with Crippen molar-refractivity contribution in [3.8, 4) is 0 Å². The molecule has 0 atom stereocenters. The van der Waals surface area contributed by atoms with Gasteiger partial charge in [0.25, 0.3) is 0 Å². The third-order valence-corrected chi connectivity index (χ3v) is 2.29. The molecule has 0 aliphatic carbocycles. The molecule has 84 valence electrons. The van der Waals surface area contributed by atoms with Crippen molar-refractivity contribution < 1.29 is 9.50 Å². The van der Waals surface area contributed by atoms with Gasteiger partial charge in [-0.3, -0.25) is 0 Å². The number of aliphatic hydroxyl groups is 1. The van der Waals surface area contributed by atoms with Crippen LogP contribution in [0.25, 0.3) is 10.9 Å². The van der Waals surface area contributed by atoms with Gasteiger partial charge in [0.15, 0.2) is 0 Å².